The summed E-state index contributed by atoms with van der Waals surface area (Å²) in [7, 11) is 0. The van der Waals surface area contributed by atoms with Crippen molar-refractivity contribution in [2.24, 2.45) is 0 Å². The van der Waals surface area contributed by atoms with Gasteiger partial charge in [-0.2, -0.15) is 0 Å². The lowest BCUT2D eigenvalue weighted by Crippen LogP contribution is -2.43. The molecule has 0 saturated carbocycles. The van der Waals surface area contributed by atoms with Crippen molar-refractivity contribution < 1.29 is 18.9 Å². The highest BCUT2D eigenvalue weighted by Crippen LogP contribution is 2.33. The molecule has 3 fully saturated rings. The average Bonchev–Trinajstić information content (AvgIpc) is 2.67. The Morgan fingerprint density at radius 3 is 2.24 bits per heavy atom. The van der Waals surface area contributed by atoms with Gasteiger partial charge in [-0.25, -0.2) is 0 Å². The lowest BCUT2D eigenvalue weighted by molar-refractivity contribution is -0.168. The van der Waals surface area contributed by atoms with Crippen molar-refractivity contribution in [1.29, 1.82) is 0 Å². The van der Waals surface area contributed by atoms with E-state index in [1.54, 1.807) is 0 Å². The molecule has 6 atom stereocenters. The van der Waals surface area contributed by atoms with E-state index in [-0.39, 0.29) is 36.6 Å². The lowest BCUT2D eigenvalue weighted by atomic mass is 9.97. The van der Waals surface area contributed by atoms with Crippen molar-refractivity contribution in [3.63, 3.8) is 0 Å². The predicted octanol–water partition coefficient (Wildman–Crippen LogP) is 2.61. The van der Waals surface area contributed by atoms with Crippen LogP contribution in [-0.4, -0.2) is 49.8 Å². The van der Waals surface area contributed by atoms with Crippen LogP contribution in [0.4, 0.5) is 0 Å². The van der Waals surface area contributed by atoms with Crippen molar-refractivity contribution in [3.05, 3.63) is 12.2 Å². The normalized spacial score (nSPS) is 48.8. The molecule has 0 aromatic rings. The summed E-state index contributed by atoms with van der Waals surface area (Å²) in [5.74, 6) is 0. The van der Waals surface area contributed by atoms with Crippen LogP contribution >= 0.6 is 0 Å². The van der Waals surface area contributed by atoms with E-state index < -0.39 is 0 Å². The standard InChI is InChI=1S/C17H26O4/c1-4-12-14(6-2-10-18-12)21-17-9-8-13-15(7-3-11-19-13)20-16(17)5-1/h1,5,12-17H,2-4,6-11H2/b5-1-/t12-,13+,14+,15-,16+,17-/m0/s1. The Balaban J connectivity index is 1.51. The smallest absolute Gasteiger partial charge is 0.102 e. The molecular weight excluding hydrogens is 268 g/mol. The van der Waals surface area contributed by atoms with Crippen LogP contribution in [0.1, 0.15) is 44.9 Å². The van der Waals surface area contributed by atoms with E-state index >= 15 is 0 Å². The average molecular weight is 294 g/mol. The molecule has 118 valence electrons. The molecule has 4 heteroatoms. The highest BCUT2D eigenvalue weighted by atomic mass is 16.6. The molecule has 0 bridgehead atoms. The summed E-state index contributed by atoms with van der Waals surface area (Å²) >= 11 is 0. The van der Waals surface area contributed by atoms with Gasteiger partial charge in [-0.05, 0) is 44.9 Å². The first-order chi connectivity index (χ1) is 10.4. The monoisotopic (exact) mass is 294 g/mol. The summed E-state index contributed by atoms with van der Waals surface area (Å²) in [4.78, 5) is 0. The van der Waals surface area contributed by atoms with Crippen LogP contribution in [0.2, 0.25) is 0 Å². The SMILES string of the molecule is C1=C\[C@H]2O[C@H]3CCCO[C@@H]3CC[C@@H]2O[C@@H]2CCCO[C@H]2C/1. The molecule has 0 aromatic heterocycles. The molecule has 3 saturated heterocycles. The highest BCUT2D eigenvalue weighted by Gasteiger charge is 2.39. The van der Waals surface area contributed by atoms with Crippen LogP contribution in [0, 0.1) is 0 Å². The van der Waals surface area contributed by atoms with Gasteiger partial charge in [0.25, 0.3) is 0 Å². The molecule has 0 radical (unpaired) electrons. The van der Waals surface area contributed by atoms with E-state index in [9.17, 15) is 0 Å². The summed E-state index contributed by atoms with van der Waals surface area (Å²) in [5.41, 5.74) is 0. The molecule has 4 nitrogen and oxygen atoms in total. The van der Waals surface area contributed by atoms with E-state index in [4.69, 9.17) is 18.9 Å². The number of hydrogen-bond acceptors (Lipinski definition) is 4. The zero-order chi connectivity index (χ0) is 14.1. The maximum absolute atomic E-state index is 6.43. The zero-order valence-corrected chi connectivity index (χ0v) is 12.6. The molecule has 0 aliphatic carbocycles. The Morgan fingerprint density at radius 1 is 0.667 bits per heavy atom. The van der Waals surface area contributed by atoms with Gasteiger partial charge in [-0.3, -0.25) is 0 Å². The summed E-state index contributed by atoms with van der Waals surface area (Å²) < 4.78 is 24.6. The molecule has 0 unspecified atom stereocenters. The van der Waals surface area contributed by atoms with E-state index in [0.29, 0.717) is 0 Å². The van der Waals surface area contributed by atoms with Crippen molar-refractivity contribution in [1.82, 2.24) is 0 Å². The molecule has 0 amide bonds. The first kappa shape index (κ1) is 14.2. The second-order valence-corrected chi connectivity index (χ2v) is 6.70. The topological polar surface area (TPSA) is 36.9 Å². The molecule has 0 N–H and O–H groups in total. The lowest BCUT2D eigenvalue weighted by Gasteiger charge is -2.37. The zero-order valence-electron chi connectivity index (χ0n) is 12.6. The number of fused-ring (bicyclic) bond motifs is 3. The minimum atomic E-state index is 0.0876. The van der Waals surface area contributed by atoms with Gasteiger partial charge in [0, 0.05) is 13.2 Å². The van der Waals surface area contributed by atoms with Gasteiger partial charge in [0.05, 0.1) is 30.5 Å². The van der Waals surface area contributed by atoms with Gasteiger partial charge in [0.15, 0.2) is 0 Å². The second kappa shape index (κ2) is 6.37. The van der Waals surface area contributed by atoms with Gasteiger partial charge in [0.1, 0.15) is 6.10 Å². The summed E-state index contributed by atoms with van der Waals surface area (Å²) in [6.07, 6.45) is 13.2. The Kier molecular flexibility index (Phi) is 4.30. The first-order valence-corrected chi connectivity index (χ1v) is 8.61. The fourth-order valence-electron chi connectivity index (χ4n) is 4.09. The fourth-order valence-corrected chi connectivity index (χ4v) is 4.09. The van der Waals surface area contributed by atoms with Crippen LogP contribution in [0.5, 0.6) is 0 Å². The van der Waals surface area contributed by atoms with E-state index in [1.165, 1.54) is 0 Å². The van der Waals surface area contributed by atoms with Crippen LogP contribution in [-0.2, 0) is 18.9 Å². The molecule has 0 spiro atoms. The minimum Gasteiger partial charge on any atom is -0.376 e. The third-order valence-corrected chi connectivity index (χ3v) is 5.24. The molecule has 4 heterocycles. The largest absolute Gasteiger partial charge is 0.376 e. The van der Waals surface area contributed by atoms with Gasteiger partial charge in [0.2, 0.25) is 0 Å². The van der Waals surface area contributed by atoms with Gasteiger partial charge >= 0.3 is 0 Å². The minimum absolute atomic E-state index is 0.0876. The Bertz CT molecular complexity index is 383. The summed E-state index contributed by atoms with van der Waals surface area (Å²) in [6.45, 7) is 1.76. The quantitative estimate of drug-likeness (QED) is 0.644. The van der Waals surface area contributed by atoms with Crippen molar-refractivity contribution in [2.45, 2.75) is 81.6 Å². The molecule has 4 rings (SSSR count). The van der Waals surface area contributed by atoms with Gasteiger partial charge in [-0.15, -0.1) is 0 Å². The second-order valence-electron chi connectivity index (χ2n) is 6.70. The van der Waals surface area contributed by atoms with Crippen LogP contribution in [0.25, 0.3) is 0 Å². The Hall–Kier alpha value is -0.420. The van der Waals surface area contributed by atoms with Crippen molar-refractivity contribution >= 4 is 0 Å². The maximum atomic E-state index is 6.43. The third-order valence-electron chi connectivity index (χ3n) is 5.24. The highest BCUT2D eigenvalue weighted by molar-refractivity contribution is 5.02. The molecular formula is C17H26O4. The molecule has 4 aliphatic rings. The summed E-state index contributed by atoms with van der Waals surface area (Å²) in [5, 5.41) is 0. The molecule has 0 aromatic carbocycles. The van der Waals surface area contributed by atoms with Gasteiger partial charge < -0.3 is 18.9 Å². The Labute approximate surface area is 126 Å². The number of ether oxygens (including phenoxy) is 4. The molecule has 4 aliphatic heterocycles. The van der Waals surface area contributed by atoms with Gasteiger partial charge in [-0.1, -0.05) is 12.2 Å². The van der Waals surface area contributed by atoms with Crippen LogP contribution in [0.15, 0.2) is 12.2 Å². The third kappa shape index (κ3) is 3.04. The first-order valence-electron chi connectivity index (χ1n) is 8.61. The number of hydrogen-bond donors (Lipinski definition) is 0. The van der Waals surface area contributed by atoms with Crippen LogP contribution in [0.3, 0.4) is 0 Å². The Morgan fingerprint density at radius 2 is 1.38 bits per heavy atom. The van der Waals surface area contributed by atoms with Crippen molar-refractivity contribution in [2.75, 3.05) is 13.2 Å². The molecule has 21 heavy (non-hydrogen) atoms. The van der Waals surface area contributed by atoms with E-state index in [2.05, 4.69) is 12.2 Å². The van der Waals surface area contributed by atoms with E-state index in [1.807, 2.05) is 0 Å². The van der Waals surface area contributed by atoms with E-state index in [0.717, 1.165) is 58.2 Å². The maximum Gasteiger partial charge on any atom is 0.102 e. The number of rotatable bonds is 0. The predicted molar refractivity (Wildman–Crippen MR) is 78.3 cm³/mol. The fraction of sp³-hybridized carbons (Fsp3) is 0.882. The van der Waals surface area contributed by atoms with Crippen molar-refractivity contribution in [3.8, 4) is 0 Å². The van der Waals surface area contributed by atoms with Crippen LogP contribution < -0.4 is 0 Å². The summed E-state index contributed by atoms with van der Waals surface area (Å²) in [6, 6.07) is 0.